The summed E-state index contributed by atoms with van der Waals surface area (Å²) in [6.45, 7) is 1.22. The molecule has 27 heavy (non-hydrogen) atoms. The van der Waals surface area contributed by atoms with Crippen LogP contribution in [0, 0.1) is 0 Å². The molecular formula is C20H19BrN2O2S2. The summed E-state index contributed by atoms with van der Waals surface area (Å²) in [6, 6.07) is 19.1. The molecule has 4 rings (SSSR count). The van der Waals surface area contributed by atoms with Gasteiger partial charge in [-0.25, -0.2) is 13.1 Å². The van der Waals surface area contributed by atoms with E-state index in [1.54, 1.807) is 35.6 Å². The first-order valence-corrected chi connectivity index (χ1v) is 11.8. The van der Waals surface area contributed by atoms with E-state index in [4.69, 9.17) is 0 Å². The van der Waals surface area contributed by atoms with Gasteiger partial charge in [-0.15, -0.1) is 11.3 Å². The first kappa shape index (κ1) is 18.7. The monoisotopic (exact) mass is 462 g/mol. The SMILES string of the molecule is O=S(=O)(NC[C@H](c1cccs1)N1CCc2ccccc21)c1ccc(Br)cc1. The Morgan fingerprint density at radius 1 is 1.07 bits per heavy atom. The van der Waals surface area contributed by atoms with Gasteiger partial charge in [0.1, 0.15) is 0 Å². The van der Waals surface area contributed by atoms with Crippen LogP contribution in [0.25, 0.3) is 0 Å². The molecule has 0 aliphatic carbocycles. The number of halogens is 1. The number of hydrogen-bond donors (Lipinski definition) is 1. The van der Waals surface area contributed by atoms with E-state index < -0.39 is 10.0 Å². The molecule has 7 heteroatoms. The summed E-state index contributed by atoms with van der Waals surface area (Å²) in [5, 5.41) is 2.04. The van der Waals surface area contributed by atoms with Crippen LogP contribution in [0.1, 0.15) is 16.5 Å². The zero-order valence-corrected chi connectivity index (χ0v) is 17.7. The molecule has 2 aromatic carbocycles. The number of benzene rings is 2. The third-order valence-electron chi connectivity index (χ3n) is 4.76. The van der Waals surface area contributed by atoms with Crippen molar-refractivity contribution in [2.24, 2.45) is 0 Å². The molecule has 4 nitrogen and oxygen atoms in total. The maximum Gasteiger partial charge on any atom is 0.240 e. The zero-order chi connectivity index (χ0) is 18.9. The minimum Gasteiger partial charge on any atom is -0.362 e. The minimum atomic E-state index is -3.56. The van der Waals surface area contributed by atoms with Crippen molar-refractivity contribution in [1.82, 2.24) is 4.72 Å². The Morgan fingerprint density at radius 2 is 1.85 bits per heavy atom. The summed E-state index contributed by atoms with van der Waals surface area (Å²) in [4.78, 5) is 3.74. The van der Waals surface area contributed by atoms with Crippen molar-refractivity contribution in [1.29, 1.82) is 0 Å². The van der Waals surface area contributed by atoms with Crippen LogP contribution in [-0.2, 0) is 16.4 Å². The summed E-state index contributed by atoms with van der Waals surface area (Å²) in [7, 11) is -3.56. The van der Waals surface area contributed by atoms with Gasteiger partial charge in [-0.05, 0) is 53.8 Å². The van der Waals surface area contributed by atoms with Gasteiger partial charge in [-0.3, -0.25) is 0 Å². The number of hydrogen-bond acceptors (Lipinski definition) is 4. The average Bonchev–Trinajstić information content (AvgIpc) is 3.33. The summed E-state index contributed by atoms with van der Waals surface area (Å²) in [5.74, 6) is 0. The van der Waals surface area contributed by atoms with Gasteiger partial charge in [0, 0.05) is 28.1 Å². The number of nitrogens with one attached hydrogen (secondary N) is 1. The van der Waals surface area contributed by atoms with E-state index in [-0.39, 0.29) is 10.9 Å². The Hall–Kier alpha value is -1.67. The fourth-order valence-electron chi connectivity index (χ4n) is 3.42. The second kappa shape index (κ2) is 7.75. The van der Waals surface area contributed by atoms with Crippen molar-refractivity contribution in [3.63, 3.8) is 0 Å². The van der Waals surface area contributed by atoms with E-state index in [1.165, 1.54) is 11.3 Å². The number of thiophene rings is 1. The standard InChI is InChI=1S/C20H19BrN2O2S2/c21-16-7-9-17(10-8-16)27(24,25)22-14-19(20-6-3-13-26-20)23-12-11-15-4-1-2-5-18(15)23/h1-10,13,19,22H,11-12,14H2/t19-/m1/s1. The van der Waals surface area contributed by atoms with E-state index in [2.05, 4.69) is 49.8 Å². The second-order valence-corrected chi connectivity index (χ2v) is 10.1. The molecule has 0 saturated heterocycles. The minimum absolute atomic E-state index is 0.0288. The van der Waals surface area contributed by atoms with Gasteiger partial charge in [0.05, 0.1) is 10.9 Å². The fourth-order valence-corrected chi connectivity index (χ4v) is 5.56. The molecule has 0 radical (unpaired) electrons. The van der Waals surface area contributed by atoms with Crippen molar-refractivity contribution in [3.8, 4) is 0 Å². The molecule has 1 atom stereocenters. The van der Waals surface area contributed by atoms with Gasteiger partial charge in [0.2, 0.25) is 10.0 Å². The molecule has 1 aliphatic heterocycles. The lowest BCUT2D eigenvalue weighted by atomic mass is 10.1. The molecule has 2 heterocycles. The van der Waals surface area contributed by atoms with Crippen LogP contribution in [0.15, 0.2) is 75.4 Å². The predicted octanol–water partition coefficient (Wildman–Crippen LogP) is 4.59. The van der Waals surface area contributed by atoms with Gasteiger partial charge in [0.15, 0.2) is 0 Å². The third kappa shape index (κ3) is 3.96. The second-order valence-electron chi connectivity index (χ2n) is 6.41. The van der Waals surface area contributed by atoms with E-state index in [9.17, 15) is 8.42 Å². The fraction of sp³-hybridized carbons (Fsp3) is 0.200. The highest BCUT2D eigenvalue weighted by atomic mass is 79.9. The predicted molar refractivity (Wildman–Crippen MR) is 114 cm³/mol. The van der Waals surface area contributed by atoms with E-state index >= 15 is 0 Å². The Morgan fingerprint density at radius 3 is 2.59 bits per heavy atom. The Kier molecular flexibility index (Phi) is 5.36. The molecule has 0 spiro atoms. The van der Waals surface area contributed by atoms with Gasteiger partial charge >= 0.3 is 0 Å². The lowest BCUT2D eigenvalue weighted by molar-refractivity contribution is 0.565. The largest absolute Gasteiger partial charge is 0.362 e. The van der Waals surface area contributed by atoms with E-state index in [1.807, 2.05) is 17.5 Å². The lowest BCUT2D eigenvalue weighted by Crippen LogP contribution is -2.37. The molecule has 0 fully saturated rings. The van der Waals surface area contributed by atoms with Gasteiger partial charge in [0.25, 0.3) is 0 Å². The van der Waals surface area contributed by atoms with Crippen LogP contribution in [0.3, 0.4) is 0 Å². The van der Waals surface area contributed by atoms with E-state index in [0.29, 0.717) is 6.54 Å². The smallest absolute Gasteiger partial charge is 0.240 e. The van der Waals surface area contributed by atoms with Crippen molar-refractivity contribution in [2.45, 2.75) is 17.4 Å². The van der Waals surface area contributed by atoms with Crippen LogP contribution in [0.4, 0.5) is 5.69 Å². The van der Waals surface area contributed by atoms with Gasteiger partial charge in [-0.1, -0.05) is 40.2 Å². The molecule has 140 valence electrons. The molecular weight excluding hydrogens is 444 g/mol. The summed E-state index contributed by atoms with van der Waals surface area (Å²) in [6.07, 6.45) is 0.984. The van der Waals surface area contributed by atoms with Gasteiger partial charge < -0.3 is 4.90 Å². The highest BCUT2D eigenvalue weighted by molar-refractivity contribution is 9.10. The number of fused-ring (bicyclic) bond motifs is 1. The highest BCUT2D eigenvalue weighted by Gasteiger charge is 2.29. The maximum atomic E-state index is 12.7. The number of rotatable bonds is 6. The number of anilines is 1. The topological polar surface area (TPSA) is 49.4 Å². The molecule has 0 unspecified atom stereocenters. The molecule has 0 bridgehead atoms. The number of nitrogens with zero attached hydrogens (tertiary/aromatic N) is 1. The van der Waals surface area contributed by atoms with E-state index in [0.717, 1.165) is 22.3 Å². The first-order chi connectivity index (χ1) is 13.0. The Balaban J connectivity index is 1.59. The molecule has 0 amide bonds. The van der Waals surface area contributed by atoms with Crippen molar-refractivity contribution in [2.75, 3.05) is 18.0 Å². The van der Waals surface area contributed by atoms with Crippen LogP contribution >= 0.6 is 27.3 Å². The van der Waals surface area contributed by atoms with Crippen LogP contribution < -0.4 is 9.62 Å². The van der Waals surface area contributed by atoms with Crippen molar-refractivity contribution < 1.29 is 8.42 Å². The third-order valence-corrected chi connectivity index (χ3v) is 7.70. The number of para-hydroxylation sites is 1. The normalized spacial score (nSPS) is 14.9. The van der Waals surface area contributed by atoms with Crippen molar-refractivity contribution >= 4 is 43.0 Å². The number of sulfonamides is 1. The van der Waals surface area contributed by atoms with Crippen molar-refractivity contribution in [3.05, 3.63) is 81.0 Å². The molecule has 1 aliphatic rings. The summed E-state index contributed by atoms with van der Waals surface area (Å²) in [5.41, 5.74) is 2.51. The molecule has 3 aromatic rings. The zero-order valence-electron chi connectivity index (χ0n) is 14.5. The maximum absolute atomic E-state index is 12.7. The van der Waals surface area contributed by atoms with Crippen LogP contribution in [0.5, 0.6) is 0 Å². The Labute approximate surface area is 172 Å². The summed E-state index contributed by atoms with van der Waals surface area (Å²) >= 11 is 5.00. The summed E-state index contributed by atoms with van der Waals surface area (Å²) < 4.78 is 29.1. The highest BCUT2D eigenvalue weighted by Crippen LogP contribution is 2.36. The van der Waals surface area contributed by atoms with Gasteiger partial charge in [-0.2, -0.15) is 0 Å². The first-order valence-electron chi connectivity index (χ1n) is 8.68. The van der Waals surface area contributed by atoms with Crippen LogP contribution in [-0.4, -0.2) is 21.5 Å². The Bertz CT molecular complexity index is 1020. The van der Waals surface area contributed by atoms with Crippen LogP contribution in [0.2, 0.25) is 0 Å². The average molecular weight is 463 g/mol. The lowest BCUT2D eigenvalue weighted by Gasteiger charge is -2.30. The molecule has 0 saturated carbocycles. The molecule has 1 aromatic heterocycles. The molecule has 1 N–H and O–H groups in total. The quantitative estimate of drug-likeness (QED) is 0.582.